The molecule has 0 aliphatic carbocycles. The van der Waals surface area contributed by atoms with Crippen LogP contribution in [0.2, 0.25) is 0 Å². The van der Waals surface area contributed by atoms with E-state index in [0.717, 1.165) is 11.1 Å². The number of carbonyl (C=O) groups is 1. The third kappa shape index (κ3) is 4.67. The van der Waals surface area contributed by atoms with Gasteiger partial charge in [-0.2, -0.15) is 0 Å². The molecular weight excluding hydrogens is 339 g/mol. The number of rotatable bonds is 6. The Morgan fingerprint density at radius 2 is 1.92 bits per heavy atom. The van der Waals surface area contributed by atoms with Crippen molar-refractivity contribution in [2.24, 2.45) is 0 Å². The van der Waals surface area contributed by atoms with Gasteiger partial charge in [0.25, 0.3) is 0 Å². The third-order valence-electron chi connectivity index (χ3n) is 3.54. The van der Waals surface area contributed by atoms with Crippen LogP contribution in [0.3, 0.4) is 0 Å². The van der Waals surface area contributed by atoms with Gasteiger partial charge in [-0.25, -0.2) is 9.37 Å². The van der Waals surface area contributed by atoms with Crippen LogP contribution in [0.4, 0.5) is 4.39 Å². The van der Waals surface area contributed by atoms with Crippen molar-refractivity contribution in [3.05, 3.63) is 66.0 Å². The van der Waals surface area contributed by atoms with Gasteiger partial charge in [0.2, 0.25) is 11.1 Å². The minimum Gasteiger partial charge on any atom is -0.351 e. The number of thioether (sulfide) groups is 1. The molecule has 25 heavy (non-hydrogen) atoms. The molecule has 1 heterocycles. The molecule has 0 bridgehead atoms. The van der Waals surface area contributed by atoms with Crippen molar-refractivity contribution in [3.8, 4) is 11.4 Å². The van der Waals surface area contributed by atoms with E-state index >= 15 is 0 Å². The van der Waals surface area contributed by atoms with Gasteiger partial charge in [0.15, 0.2) is 5.82 Å². The van der Waals surface area contributed by atoms with Gasteiger partial charge in [-0.1, -0.05) is 54.2 Å². The van der Waals surface area contributed by atoms with Gasteiger partial charge in [-0.3, -0.25) is 9.89 Å². The maximum absolute atomic E-state index is 12.9. The SMILES string of the molecule is C[C@@H](Sc1n[nH]c(-c2ccccc2)n1)C(=O)NCc1ccc(F)cc1. The molecule has 0 fully saturated rings. The van der Waals surface area contributed by atoms with Crippen molar-refractivity contribution in [3.63, 3.8) is 0 Å². The summed E-state index contributed by atoms with van der Waals surface area (Å²) in [6.07, 6.45) is 0. The summed E-state index contributed by atoms with van der Waals surface area (Å²) in [5.41, 5.74) is 1.78. The van der Waals surface area contributed by atoms with Gasteiger partial charge in [0.05, 0.1) is 5.25 Å². The first-order chi connectivity index (χ1) is 12.1. The molecule has 5 nitrogen and oxygen atoms in total. The van der Waals surface area contributed by atoms with Crippen LogP contribution in [-0.4, -0.2) is 26.3 Å². The highest BCUT2D eigenvalue weighted by molar-refractivity contribution is 8.00. The van der Waals surface area contributed by atoms with Crippen molar-refractivity contribution in [1.82, 2.24) is 20.5 Å². The first kappa shape index (κ1) is 17.2. The Bertz CT molecular complexity index is 836. The Hall–Kier alpha value is -2.67. The van der Waals surface area contributed by atoms with E-state index in [9.17, 15) is 9.18 Å². The molecule has 0 aliphatic rings. The number of halogens is 1. The average molecular weight is 356 g/mol. The molecule has 0 spiro atoms. The predicted molar refractivity (Wildman–Crippen MR) is 95.4 cm³/mol. The van der Waals surface area contributed by atoms with Crippen LogP contribution >= 0.6 is 11.8 Å². The number of aromatic nitrogens is 3. The van der Waals surface area contributed by atoms with Gasteiger partial charge in [0.1, 0.15) is 5.82 Å². The number of amides is 1. The van der Waals surface area contributed by atoms with Crippen molar-refractivity contribution in [1.29, 1.82) is 0 Å². The summed E-state index contributed by atoms with van der Waals surface area (Å²) >= 11 is 1.28. The third-order valence-corrected chi connectivity index (χ3v) is 4.50. The molecule has 1 amide bonds. The van der Waals surface area contributed by atoms with E-state index in [1.54, 1.807) is 19.1 Å². The van der Waals surface area contributed by atoms with E-state index in [1.165, 1.54) is 23.9 Å². The number of aromatic amines is 1. The standard InChI is InChI=1S/C18H17FN4OS/c1-12(17(24)20-11-13-7-9-15(19)10-8-13)25-18-21-16(22-23-18)14-5-3-2-4-6-14/h2-10,12H,11H2,1H3,(H,20,24)(H,21,22,23)/t12-/m1/s1. The lowest BCUT2D eigenvalue weighted by molar-refractivity contribution is -0.120. The van der Waals surface area contributed by atoms with Crippen molar-refractivity contribution in [2.75, 3.05) is 0 Å². The van der Waals surface area contributed by atoms with Crippen LogP contribution in [0.15, 0.2) is 59.8 Å². The average Bonchev–Trinajstić information content (AvgIpc) is 3.10. The van der Waals surface area contributed by atoms with Crippen LogP contribution in [0, 0.1) is 5.82 Å². The highest BCUT2D eigenvalue weighted by Crippen LogP contribution is 2.22. The Kier molecular flexibility index (Phi) is 5.45. The second kappa shape index (κ2) is 7.94. The lowest BCUT2D eigenvalue weighted by Gasteiger charge is -2.10. The largest absolute Gasteiger partial charge is 0.351 e. The number of nitrogens with zero attached hydrogens (tertiary/aromatic N) is 2. The summed E-state index contributed by atoms with van der Waals surface area (Å²) in [6.45, 7) is 2.15. The summed E-state index contributed by atoms with van der Waals surface area (Å²) in [5, 5.41) is 10.0. The van der Waals surface area contributed by atoms with Crippen LogP contribution in [0.25, 0.3) is 11.4 Å². The molecule has 1 atom stereocenters. The van der Waals surface area contributed by atoms with E-state index in [2.05, 4.69) is 20.5 Å². The molecule has 3 aromatic rings. The summed E-state index contributed by atoms with van der Waals surface area (Å²) in [7, 11) is 0. The van der Waals surface area contributed by atoms with Gasteiger partial charge < -0.3 is 5.32 Å². The van der Waals surface area contributed by atoms with Crippen LogP contribution in [0.1, 0.15) is 12.5 Å². The fourth-order valence-corrected chi connectivity index (χ4v) is 2.92. The number of hydrogen-bond donors (Lipinski definition) is 2. The predicted octanol–water partition coefficient (Wildman–Crippen LogP) is 3.41. The fourth-order valence-electron chi connectivity index (χ4n) is 2.17. The highest BCUT2D eigenvalue weighted by atomic mass is 32.2. The second-order valence-corrected chi connectivity index (χ2v) is 6.74. The molecule has 7 heteroatoms. The quantitative estimate of drug-likeness (QED) is 0.664. The molecule has 2 aromatic carbocycles. The lowest BCUT2D eigenvalue weighted by Crippen LogP contribution is -2.30. The summed E-state index contributed by atoms with van der Waals surface area (Å²) in [6, 6.07) is 15.7. The molecule has 128 valence electrons. The normalized spacial score (nSPS) is 11.9. The van der Waals surface area contributed by atoms with Crippen LogP contribution < -0.4 is 5.32 Å². The zero-order valence-electron chi connectivity index (χ0n) is 13.6. The topological polar surface area (TPSA) is 70.7 Å². The summed E-state index contributed by atoms with van der Waals surface area (Å²) in [4.78, 5) is 16.6. The molecule has 2 N–H and O–H groups in total. The molecule has 0 radical (unpaired) electrons. The second-order valence-electron chi connectivity index (χ2n) is 5.44. The fraction of sp³-hybridized carbons (Fsp3) is 0.167. The summed E-state index contributed by atoms with van der Waals surface area (Å²) < 4.78 is 12.9. The van der Waals surface area contributed by atoms with Crippen molar-refractivity contribution >= 4 is 17.7 Å². The van der Waals surface area contributed by atoms with Gasteiger partial charge in [-0.15, -0.1) is 5.10 Å². The molecule has 0 aliphatic heterocycles. The zero-order valence-corrected chi connectivity index (χ0v) is 14.4. The van der Waals surface area contributed by atoms with Crippen LogP contribution in [-0.2, 0) is 11.3 Å². The lowest BCUT2D eigenvalue weighted by atomic mass is 10.2. The number of hydrogen-bond acceptors (Lipinski definition) is 4. The Morgan fingerprint density at radius 1 is 1.20 bits per heavy atom. The number of nitrogens with one attached hydrogen (secondary N) is 2. The van der Waals surface area contributed by atoms with E-state index in [1.807, 2.05) is 30.3 Å². The van der Waals surface area contributed by atoms with E-state index < -0.39 is 0 Å². The molecule has 1 aromatic heterocycles. The van der Waals surface area contributed by atoms with Crippen molar-refractivity contribution in [2.45, 2.75) is 23.9 Å². The molecule has 0 saturated heterocycles. The zero-order chi connectivity index (χ0) is 17.6. The van der Waals surface area contributed by atoms with Crippen LogP contribution in [0.5, 0.6) is 0 Å². The van der Waals surface area contributed by atoms with Gasteiger partial charge in [-0.05, 0) is 24.6 Å². The minimum atomic E-state index is -0.347. The van der Waals surface area contributed by atoms with Crippen molar-refractivity contribution < 1.29 is 9.18 Å². The van der Waals surface area contributed by atoms with E-state index in [-0.39, 0.29) is 17.0 Å². The maximum atomic E-state index is 12.9. The van der Waals surface area contributed by atoms with Gasteiger partial charge in [0, 0.05) is 12.1 Å². The molecule has 0 saturated carbocycles. The minimum absolute atomic E-state index is 0.125. The summed E-state index contributed by atoms with van der Waals surface area (Å²) in [5.74, 6) is 0.250. The monoisotopic (exact) mass is 356 g/mol. The Labute approximate surface area is 149 Å². The number of H-pyrrole nitrogens is 1. The highest BCUT2D eigenvalue weighted by Gasteiger charge is 2.17. The first-order valence-electron chi connectivity index (χ1n) is 7.78. The molecule has 3 rings (SSSR count). The van der Waals surface area contributed by atoms with Gasteiger partial charge >= 0.3 is 0 Å². The molecule has 0 unspecified atom stereocenters. The number of carbonyl (C=O) groups excluding carboxylic acids is 1. The smallest absolute Gasteiger partial charge is 0.233 e. The number of benzene rings is 2. The first-order valence-corrected chi connectivity index (χ1v) is 8.66. The Balaban J connectivity index is 1.54. The van der Waals surface area contributed by atoms with E-state index in [4.69, 9.17) is 0 Å². The molecular formula is C18H17FN4OS. The maximum Gasteiger partial charge on any atom is 0.233 e. The van der Waals surface area contributed by atoms with E-state index in [0.29, 0.717) is 17.5 Å². The Morgan fingerprint density at radius 3 is 2.64 bits per heavy atom.